The summed E-state index contributed by atoms with van der Waals surface area (Å²) in [5, 5.41) is 6.49. The van der Waals surface area contributed by atoms with Crippen molar-refractivity contribution in [3.63, 3.8) is 0 Å². The highest BCUT2D eigenvalue weighted by Gasteiger charge is 2.10. The topological polar surface area (TPSA) is 84.0 Å². The van der Waals surface area contributed by atoms with Gasteiger partial charge in [0, 0.05) is 28.0 Å². The van der Waals surface area contributed by atoms with Crippen LogP contribution in [0.5, 0.6) is 0 Å². The van der Waals surface area contributed by atoms with Crippen LogP contribution >= 0.6 is 11.6 Å². The molecule has 7 heteroatoms. The Kier molecular flexibility index (Phi) is 5.47. The van der Waals surface area contributed by atoms with Crippen molar-refractivity contribution in [3.05, 3.63) is 76.7 Å². The van der Waals surface area contributed by atoms with Gasteiger partial charge in [-0.3, -0.25) is 9.59 Å². The molecule has 0 unspecified atom stereocenters. The van der Waals surface area contributed by atoms with Crippen LogP contribution in [0.25, 0.3) is 0 Å². The zero-order valence-corrected chi connectivity index (χ0v) is 15.5. The maximum atomic E-state index is 12.4. The summed E-state index contributed by atoms with van der Waals surface area (Å²) in [5.74, 6) is 0.0713. The second-order valence-corrected chi connectivity index (χ2v) is 6.40. The highest BCUT2D eigenvalue weighted by molar-refractivity contribution is 6.30. The molecule has 0 spiro atoms. The molecular weight excluding hydrogens is 364 g/mol. The van der Waals surface area contributed by atoms with E-state index in [1.807, 2.05) is 13.0 Å². The minimum Gasteiger partial charge on any atom is -0.340 e. The zero-order valence-electron chi connectivity index (χ0n) is 14.8. The van der Waals surface area contributed by atoms with Crippen LogP contribution in [0.3, 0.4) is 0 Å². The lowest BCUT2D eigenvalue weighted by molar-refractivity contribution is 0.101. The second kappa shape index (κ2) is 7.97. The van der Waals surface area contributed by atoms with Crippen molar-refractivity contribution in [2.75, 3.05) is 10.6 Å². The van der Waals surface area contributed by atoms with E-state index in [1.165, 1.54) is 13.3 Å². The number of benzene rings is 2. The van der Waals surface area contributed by atoms with Gasteiger partial charge in [0.25, 0.3) is 5.91 Å². The summed E-state index contributed by atoms with van der Waals surface area (Å²) < 4.78 is 0. The largest absolute Gasteiger partial charge is 0.340 e. The van der Waals surface area contributed by atoms with Gasteiger partial charge in [0.2, 0.25) is 0 Å². The van der Waals surface area contributed by atoms with Gasteiger partial charge >= 0.3 is 0 Å². The first-order valence-corrected chi connectivity index (χ1v) is 8.58. The van der Waals surface area contributed by atoms with Gasteiger partial charge in [-0.05, 0) is 55.8 Å². The van der Waals surface area contributed by atoms with Crippen molar-refractivity contribution in [2.45, 2.75) is 13.8 Å². The number of ketones is 1. The van der Waals surface area contributed by atoms with Gasteiger partial charge in [-0.15, -0.1) is 0 Å². The number of nitrogens with one attached hydrogen (secondary N) is 2. The molecule has 0 atom stereocenters. The van der Waals surface area contributed by atoms with Crippen molar-refractivity contribution < 1.29 is 9.59 Å². The number of halogens is 1. The molecule has 136 valence electrons. The molecule has 2 N–H and O–H groups in total. The van der Waals surface area contributed by atoms with E-state index in [4.69, 9.17) is 11.6 Å². The first-order valence-electron chi connectivity index (χ1n) is 8.20. The standard InChI is InChI=1S/C20H17ClN4O2/c1-12-3-6-15(21)9-17(12)25-19-10-18(22-11-23-19)20(27)24-16-7-4-14(5-8-16)13(2)26/h3-11H,1-2H3,(H,24,27)(H,22,23,25). The van der Waals surface area contributed by atoms with Crippen molar-refractivity contribution in [2.24, 2.45) is 0 Å². The molecule has 0 saturated heterocycles. The number of aryl methyl sites for hydroxylation is 1. The van der Waals surface area contributed by atoms with Crippen LogP contribution in [0.1, 0.15) is 33.3 Å². The molecule has 0 bridgehead atoms. The Bertz CT molecular complexity index is 1000. The predicted octanol–water partition coefficient (Wildman–Crippen LogP) is 4.64. The molecule has 2 aromatic carbocycles. The summed E-state index contributed by atoms with van der Waals surface area (Å²) in [7, 11) is 0. The van der Waals surface area contributed by atoms with Crippen molar-refractivity contribution in [1.29, 1.82) is 0 Å². The molecule has 0 aliphatic carbocycles. The Morgan fingerprint density at radius 1 is 1.00 bits per heavy atom. The Balaban J connectivity index is 1.75. The number of anilines is 3. The molecule has 27 heavy (non-hydrogen) atoms. The minimum atomic E-state index is -0.376. The number of aromatic nitrogens is 2. The van der Waals surface area contributed by atoms with Crippen molar-refractivity contribution in [1.82, 2.24) is 9.97 Å². The molecule has 1 amide bonds. The van der Waals surface area contributed by atoms with E-state index in [9.17, 15) is 9.59 Å². The number of carbonyl (C=O) groups excluding carboxylic acids is 2. The lowest BCUT2D eigenvalue weighted by atomic mass is 10.1. The van der Waals surface area contributed by atoms with E-state index in [1.54, 1.807) is 42.5 Å². The van der Waals surface area contributed by atoms with Crippen LogP contribution in [0.4, 0.5) is 17.2 Å². The van der Waals surface area contributed by atoms with E-state index >= 15 is 0 Å². The summed E-state index contributed by atoms with van der Waals surface area (Å²) >= 11 is 6.03. The molecule has 3 rings (SSSR count). The smallest absolute Gasteiger partial charge is 0.274 e. The van der Waals surface area contributed by atoms with E-state index < -0.39 is 0 Å². The third-order valence-corrected chi connectivity index (χ3v) is 4.15. The minimum absolute atomic E-state index is 0.0318. The zero-order chi connectivity index (χ0) is 19.4. The predicted molar refractivity (Wildman–Crippen MR) is 106 cm³/mol. The van der Waals surface area contributed by atoms with E-state index in [0.29, 0.717) is 22.1 Å². The molecule has 6 nitrogen and oxygen atoms in total. The van der Waals surface area contributed by atoms with Gasteiger partial charge in [-0.2, -0.15) is 0 Å². The van der Waals surface area contributed by atoms with Gasteiger partial charge in [0.1, 0.15) is 17.8 Å². The highest BCUT2D eigenvalue weighted by atomic mass is 35.5. The molecule has 3 aromatic rings. The summed E-state index contributed by atoms with van der Waals surface area (Å²) in [6.07, 6.45) is 1.32. The maximum absolute atomic E-state index is 12.4. The van der Waals surface area contributed by atoms with Crippen molar-refractivity contribution >= 4 is 40.5 Å². The van der Waals surface area contributed by atoms with E-state index in [-0.39, 0.29) is 17.4 Å². The fourth-order valence-corrected chi connectivity index (χ4v) is 2.57. The Labute approximate surface area is 161 Å². The van der Waals surface area contributed by atoms with Crippen molar-refractivity contribution in [3.8, 4) is 0 Å². The molecule has 0 aliphatic rings. The molecule has 0 fully saturated rings. The van der Waals surface area contributed by atoms with E-state index in [0.717, 1.165) is 11.3 Å². The summed E-state index contributed by atoms with van der Waals surface area (Å²) in [6, 6.07) is 13.7. The average Bonchev–Trinajstić information content (AvgIpc) is 2.65. The first kappa shape index (κ1) is 18.5. The third kappa shape index (κ3) is 4.68. The molecule has 1 heterocycles. The van der Waals surface area contributed by atoms with Gasteiger partial charge in [-0.25, -0.2) is 9.97 Å². The van der Waals surface area contributed by atoms with Gasteiger partial charge in [0.15, 0.2) is 5.78 Å². The lowest BCUT2D eigenvalue weighted by Crippen LogP contribution is -2.14. The lowest BCUT2D eigenvalue weighted by Gasteiger charge is -2.10. The summed E-state index contributed by atoms with van der Waals surface area (Å²) in [6.45, 7) is 3.43. The number of rotatable bonds is 5. The SMILES string of the molecule is CC(=O)c1ccc(NC(=O)c2cc(Nc3cc(Cl)ccc3C)ncn2)cc1. The van der Waals surface area contributed by atoms with Gasteiger partial charge in [0.05, 0.1) is 0 Å². The average molecular weight is 381 g/mol. The number of Topliss-reactive ketones (excluding diaryl/α,β-unsaturated/α-hetero) is 1. The fourth-order valence-electron chi connectivity index (χ4n) is 2.40. The van der Waals surface area contributed by atoms with Gasteiger partial charge in [-0.1, -0.05) is 17.7 Å². The van der Waals surface area contributed by atoms with Crippen LogP contribution in [0.15, 0.2) is 54.9 Å². The van der Waals surface area contributed by atoms with E-state index in [2.05, 4.69) is 20.6 Å². The number of amides is 1. The fraction of sp³-hybridized carbons (Fsp3) is 0.100. The number of nitrogens with zero attached hydrogens (tertiary/aromatic N) is 2. The summed E-state index contributed by atoms with van der Waals surface area (Å²) in [4.78, 5) is 31.9. The third-order valence-electron chi connectivity index (χ3n) is 3.91. The second-order valence-electron chi connectivity index (χ2n) is 5.96. The van der Waals surface area contributed by atoms with Crippen LogP contribution < -0.4 is 10.6 Å². The molecule has 1 aromatic heterocycles. The highest BCUT2D eigenvalue weighted by Crippen LogP contribution is 2.23. The molecular formula is C20H17ClN4O2. The Morgan fingerprint density at radius 3 is 2.44 bits per heavy atom. The summed E-state index contributed by atoms with van der Waals surface area (Å²) in [5.41, 5.74) is 3.16. The Hall–Kier alpha value is -3.25. The quantitative estimate of drug-likeness (QED) is 0.630. The normalized spacial score (nSPS) is 10.3. The van der Waals surface area contributed by atoms with Crippen LogP contribution in [0.2, 0.25) is 5.02 Å². The number of carbonyl (C=O) groups is 2. The monoisotopic (exact) mass is 380 g/mol. The Morgan fingerprint density at radius 2 is 1.74 bits per heavy atom. The molecule has 0 aliphatic heterocycles. The van der Waals surface area contributed by atoms with Gasteiger partial charge < -0.3 is 10.6 Å². The van der Waals surface area contributed by atoms with Crippen LogP contribution in [-0.4, -0.2) is 21.7 Å². The first-order chi connectivity index (χ1) is 12.9. The number of hydrogen-bond donors (Lipinski definition) is 2. The van der Waals surface area contributed by atoms with Crippen LogP contribution in [0, 0.1) is 6.92 Å². The van der Waals surface area contributed by atoms with Crippen LogP contribution in [-0.2, 0) is 0 Å². The number of hydrogen-bond acceptors (Lipinski definition) is 5. The molecule has 0 radical (unpaired) electrons. The molecule has 0 saturated carbocycles. The maximum Gasteiger partial charge on any atom is 0.274 e.